The molecule has 0 aliphatic rings. The van der Waals surface area contributed by atoms with Crippen LogP contribution in [0.1, 0.15) is 0 Å². The second-order valence-electron chi connectivity index (χ2n) is 3.43. The van der Waals surface area contributed by atoms with Crippen molar-refractivity contribution >= 4 is 27.8 Å². The van der Waals surface area contributed by atoms with Gasteiger partial charge < -0.3 is 4.90 Å². The summed E-state index contributed by atoms with van der Waals surface area (Å²) >= 11 is 1.47. The number of aromatic nitrogens is 1. The Labute approximate surface area is 98.3 Å². The van der Waals surface area contributed by atoms with Crippen molar-refractivity contribution in [1.29, 1.82) is 0 Å². The second-order valence-corrected chi connectivity index (χ2v) is 4.30. The van der Waals surface area contributed by atoms with E-state index in [4.69, 9.17) is 0 Å². The minimum absolute atomic E-state index is 0.677. The highest BCUT2D eigenvalue weighted by Gasteiger charge is 1.95. The molecule has 5 heteroatoms. The first kappa shape index (κ1) is 10.8. The number of azo groups is 1. The standard InChI is InChI=1S/C11H12N4S/c1-15(2)10-5-3-9(4-6-10)13-14-11-12-7-8-16-11/h3-8H,1-2H3/b14-13+. The highest BCUT2D eigenvalue weighted by Crippen LogP contribution is 2.22. The predicted molar refractivity (Wildman–Crippen MR) is 67.1 cm³/mol. The highest BCUT2D eigenvalue weighted by molar-refractivity contribution is 7.13. The van der Waals surface area contributed by atoms with Gasteiger partial charge in [-0.2, -0.15) is 0 Å². The Morgan fingerprint density at radius 1 is 1.12 bits per heavy atom. The van der Waals surface area contributed by atoms with Crippen molar-refractivity contribution in [2.45, 2.75) is 0 Å². The lowest BCUT2D eigenvalue weighted by Gasteiger charge is -2.11. The largest absolute Gasteiger partial charge is 0.378 e. The number of hydrogen-bond donors (Lipinski definition) is 0. The smallest absolute Gasteiger partial charge is 0.229 e. The summed E-state index contributed by atoms with van der Waals surface area (Å²) < 4.78 is 0. The number of benzene rings is 1. The van der Waals surface area contributed by atoms with Crippen LogP contribution in [0.15, 0.2) is 46.1 Å². The maximum Gasteiger partial charge on any atom is 0.229 e. The summed E-state index contributed by atoms with van der Waals surface area (Å²) in [4.78, 5) is 6.07. The topological polar surface area (TPSA) is 40.9 Å². The zero-order valence-corrected chi connectivity index (χ0v) is 9.98. The molecule has 1 heterocycles. The van der Waals surface area contributed by atoms with Crippen molar-refractivity contribution < 1.29 is 0 Å². The first-order valence-corrected chi connectivity index (χ1v) is 5.72. The molecule has 0 fully saturated rings. The molecule has 1 aromatic heterocycles. The third-order valence-electron chi connectivity index (χ3n) is 2.04. The lowest BCUT2D eigenvalue weighted by atomic mass is 10.3. The van der Waals surface area contributed by atoms with E-state index in [1.807, 2.05) is 48.6 Å². The molecule has 0 spiro atoms. The molecule has 4 nitrogen and oxygen atoms in total. The van der Waals surface area contributed by atoms with Crippen molar-refractivity contribution in [2.24, 2.45) is 10.2 Å². The molecule has 0 unspecified atom stereocenters. The van der Waals surface area contributed by atoms with Crippen LogP contribution >= 0.6 is 11.3 Å². The van der Waals surface area contributed by atoms with E-state index < -0.39 is 0 Å². The van der Waals surface area contributed by atoms with E-state index in [9.17, 15) is 0 Å². The summed E-state index contributed by atoms with van der Waals surface area (Å²) in [5, 5.41) is 10.7. The van der Waals surface area contributed by atoms with Gasteiger partial charge in [-0.1, -0.05) is 0 Å². The summed E-state index contributed by atoms with van der Waals surface area (Å²) in [5.41, 5.74) is 1.98. The van der Waals surface area contributed by atoms with E-state index in [1.54, 1.807) is 6.20 Å². The van der Waals surface area contributed by atoms with Crippen LogP contribution in [-0.2, 0) is 0 Å². The Bertz CT molecular complexity index is 459. The zero-order valence-electron chi connectivity index (χ0n) is 9.16. The Kier molecular flexibility index (Phi) is 3.26. The summed E-state index contributed by atoms with van der Waals surface area (Å²) in [7, 11) is 4.01. The van der Waals surface area contributed by atoms with E-state index in [0.717, 1.165) is 11.4 Å². The van der Waals surface area contributed by atoms with Gasteiger partial charge in [0.25, 0.3) is 0 Å². The third kappa shape index (κ3) is 2.64. The average Bonchev–Trinajstić information content (AvgIpc) is 2.80. The SMILES string of the molecule is CN(C)c1ccc(/N=N/c2nccs2)cc1. The number of nitrogens with zero attached hydrogens (tertiary/aromatic N) is 4. The molecule has 16 heavy (non-hydrogen) atoms. The minimum Gasteiger partial charge on any atom is -0.378 e. The molecule has 2 rings (SSSR count). The van der Waals surface area contributed by atoms with Crippen molar-refractivity contribution in [3.05, 3.63) is 35.8 Å². The normalized spacial score (nSPS) is 10.9. The molecule has 82 valence electrons. The molecule has 0 atom stereocenters. The maximum absolute atomic E-state index is 4.10. The van der Waals surface area contributed by atoms with Gasteiger partial charge in [0, 0.05) is 31.4 Å². The van der Waals surface area contributed by atoms with Crippen LogP contribution < -0.4 is 4.90 Å². The van der Waals surface area contributed by atoms with Gasteiger partial charge in [0.1, 0.15) is 0 Å². The summed E-state index contributed by atoms with van der Waals surface area (Å²) in [5.74, 6) is 0. The van der Waals surface area contributed by atoms with Gasteiger partial charge in [-0.25, -0.2) is 4.98 Å². The fourth-order valence-corrected chi connectivity index (χ4v) is 1.64. The molecule has 0 bridgehead atoms. The van der Waals surface area contributed by atoms with Crippen molar-refractivity contribution in [3.63, 3.8) is 0 Å². The van der Waals surface area contributed by atoms with E-state index >= 15 is 0 Å². The molecule has 0 N–H and O–H groups in total. The van der Waals surface area contributed by atoms with E-state index in [2.05, 4.69) is 15.2 Å². The Morgan fingerprint density at radius 2 is 1.88 bits per heavy atom. The highest BCUT2D eigenvalue weighted by atomic mass is 32.1. The molecule has 0 aliphatic heterocycles. The fraction of sp³-hybridized carbons (Fsp3) is 0.182. The molecule has 2 aromatic rings. The van der Waals surface area contributed by atoms with Crippen molar-refractivity contribution in [2.75, 3.05) is 19.0 Å². The van der Waals surface area contributed by atoms with Crippen LogP contribution in [0.25, 0.3) is 0 Å². The van der Waals surface area contributed by atoms with Crippen LogP contribution in [0.2, 0.25) is 0 Å². The lowest BCUT2D eigenvalue weighted by molar-refractivity contribution is 1.13. The summed E-state index contributed by atoms with van der Waals surface area (Å²) in [6, 6.07) is 7.89. The summed E-state index contributed by atoms with van der Waals surface area (Å²) in [6.45, 7) is 0. The molecule has 0 radical (unpaired) electrons. The Morgan fingerprint density at radius 3 is 2.44 bits per heavy atom. The van der Waals surface area contributed by atoms with Crippen molar-refractivity contribution in [1.82, 2.24) is 4.98 Å². The van der Waals surface area contributed by atoms with E-state index in [-0.39, 0.29) is 0 Å². The number of anilines is 1. The first-order chi connectivity index (χ1) is 7.75. The molecule has 0 saturated heterocycles. The van der Waals surface area contributed by atoms with Gasteiger partial charge in [-0.3, -0.25) is 0 Å². The van der Waals surface area contributed by atoms with Crippen LogP contribution in [-0.4, -0.2) is 19.1 Å². The average molecular weight is 232 g/mol. The molecule has 1 aromatic carbocycles. The van der Waals surface area contributed by atoms with E-state index in [0.29, 0.717) is 5.13 Å². The third-order valence-corrected chi connectivity index (χ3v) is 2.69. The minimum atomic E-state index is 0.677. The maximum atomic E-state index is 4.10. The van der Waals surface area contributed by atoms with Gasteiger partial charge in [0.05, 0.1) is 5.69 Å². The van der Waals surface area contributed by atoms with Crippen LogP contribution in [0, 0.1) is 0 Å². The number of hydrogen-bond acceptors (Lipinski definition) is 5. The zero-order chi connectivity index (χ0) is 11.4. The second kappa shape index (κ2) is 4.85. The predicted octanol–water partition coefficient (Wildman–Crippen LogP) is 3.62. The first-order valence-electron chi connectivity index (χ1n) is 4.84. The van der Waals surface area contributed by atoms with Gasteiger partial charge in [0.15, 0.2) is 0 Å². The fourth-order valence-electron chi connectivity index (χ4n) is 1.18. The summed E-state index contributed by atoms with van der Waals surface area (Å²) in [6.07, 6.45) is 1.72. The van der Waals surface area contributed by atoms with Gasteiger partial charge in [0.2, 0.25) is 5.13 Å². The van der Waals surface area contributed by atoms with E-state index in [1.165, 1.54) is 11.3 Å². The molecule has 0 amide bonds. The molecule has 0 saturated carbocycles. The molecular weight excluding hydrogens is 220 g/mol. The van der Waals surface area contributed by atoms with Crippen LogP contribution in [0.3, 0.4) is 0 Å². The lowest BCUT2D eigenvalue weighted by Crippen LogP contribution is -2.07. The van der Waals surface area contributed by atoms with Crippen molar-refractivity contribution in [3.8, 4) is 0 Å². The number of thiazole rings is 1. The quantitative estimate of drug-likeness (QED) is 0.758. The molecular formula is C11H12N4S. The van der Waals surface area contributed by atoms with Gasteiger partial charge in [-0.15, -0.1) is 21.6 Å². The van der Waals surface area contributed by atoms with Gasteiger partial charge in [-0.05, 0) is 24.3 Å². The Hall–Kier alpha value is -1.75. The van der Waals surface area contributed by atoms with Crippen LogP contribution in [0.5, 0.6) is 0 Å². The Balaban J connectivity index is 2.11. The number of rotatable bonds is 3. The van der Waals surface area contributed by atoms with Gasteiger partial charge >= 0.3 is 0 Å². The molecule has 0 aliphatic carbocycles. The van der Waals surface area contributed by atoms with Crippen LogP contribution in [0.4, 0.5) is 16.5 Å². The monoisotopic (exact) mass is 232 g/mol.